The minimum atomic E-state index is -4.36. The fourth-order valence-electron chi connectivity index (χ4n) is 0.840. The Hall–Kier alpha value is -0.780. The fraction of sp³-hybridized carbons (Fsp3) is 0.857. The van der Waals surface area contributed by atoms with Crippen molar-refractivity contribution >= 4 is 5.97 Å². The normalized spacial score (nSPS) is 14.2. The molecule has 0 aliphatic heterocycles. The SMILES string of the molecule is CCCC(NCC(F)(F)F)C(=O)O. The quantitative estimate of drug-likeness (QED) is 0.703. The molecule has 0 bridgehead atoms. The fourth-order valence-corrected chi connectivity index (χ4v) is 0.840. The zero-order valence-electron chi connectivity index (χ0n) is 7.19. The summed E-state index contributed by atoms with van der Waals surface area (Å²) < 4.78 is 35.0. The highest BCUT2D eigenvalue weighted by molar-refractivity contribution is 5.73. The molecule has 3 nitrogen and oxygen atoms in total. The smallest absolute Gasteiger partial charge is 0.401 e. The van der Waals surface area contributed by atoms with E-state index in [9.17, 15) is 18.0 Å². The van der Waals surface area contributed by atoms with Gasteiger partial charge in [-0.15, -0.1) is 0 Å². The van der Waals surface area contributed by atoms with Crippen LogP contribution in [-0.4, -0.2) is 29.8 Å². The van der Waals surface area contributed by atoms with Crippen LogP contribution < -0.4 is 5.32 Å². The first kappa shape index (κ1) is 12.2. The Balaban J connectivity index is 3.90. The van der Waals surface area contributed by atoms with Crippen molar-refractivity contribution in [2.24, 2.45) is 0 Å². The third kappa shape index (κ3) is 6.39. The maximum Gasteiger partial charge on any atom is 0.401 e. The number of nitrogens with one attached hydrogen (secondary N) is 1. The number of aliphatic carboxylic acids is 1. The minimum absolute atomic E-state index is 0.200. The Morgan fingerprint density at radius 1 is 1.54 bits per heavy atom. The highest BCUT2D eigenvalue weighted by Gasteiger charge is 2.29. The molecule has 0 saturated carbocycles. The first-order chi connectivity index (χ1) is 5.87. The van der Waals surface area contributed by atoms with Crippen LogP contribution in [0, 0.1) is 0 Å². The molecule has 0 radical (unpaired) electrons. The topological polar surface area (TPSA) is 49.3 Å². The molecule has 0 heterocycles. The predicted octanol–water partition coefficient (Wildman–Crippen LogP) is 1.39. The third-order valence-electron chi connectivity index (χ3n) is 1.42. The van der Waals surface area contributed by atoms with Crippen LogP contribution in [0.3, 0.4) is 0 Å². The summed E-state index contributed by atoms with van der Waals surface area (Å²) in [6.07, 6.45) is -3.63. The summed E-state index contributed by atoms with van der Waals surface area (Å²) >= 11 is 0. The second-order valence-electron chi connectivity index (χ2n) is 2.68. The van der Waals surface area contributed by atoms with Crippen LogP contribution in [0.5, 0.6) is 0 Å². The molecule has 1 unspecified atom stereocenters. The van der Waals surface area contributed by atoms with Crippen molar-refractivity contribution in [2.45, 2.75) is 32.0 Å². The first-order valence-corrected chi connectivity index (χ1v) is 3.89. The van der Waals surface area contributed by atoms with Crippen LogP contribution >= 0.6 is 0 Å². The standard InChI is InChI=1S/C7H12F3NO2/c1-2-3-5(6(12)13)11-4-7(8,9)10/h5,11H,2-4H2,1H3,(H,12,13). The number of carboxylic acids is 1. The summed E-state index contributed by atoms with van der Waals surface area (Å²) in [5.74, 6) is -1.24. The highest BCUT2D eigenvalue weighted by atomic mass is 19.4. The summed E-state index contributed by atoms with van der Waals surface area (Å²) in [4.78, 5) is 10.4. The first-order valence-electron chi connectivity index (χ1n) is 3.89. The van der Waals surface area contributed by atoms with E-state index in [2.05, 4.69) is 0 Å². The average Bonchev–Trinajstić information content (AvgIpc) is 1.95. The van der Waals surface area contributed by atoms with Crippen molar-refractivity contribution in [3.8, 4) is 0 Å². The second-order valence-corrected chi connectivity index (χ2v) is 2.68. The Morgan fingerprint density at radius 2 is 2.08 bits per heavy atom. The van der Waals surface area contributed by atoms with E-state index in [4.69, 9.17) is 5.11 Å². The molecule has 2 N–H and O–H groups in total. The van der Waals surface area contributed by atoms with Crippen molar-refractivity contribution < 1.29 is 23.1 Å². The predicted molar refractivity (Wildman–Crippen MR) is 40.4 cm³/mol. The van der Waals surface area contributed by atoms with E-state index in [1.807, 2.05) is 5.32 Å². The summed E-state index contributed by atoms with van der Waals surface area (Å²) in [6.45, 7) is 0.454. The van der Waals surface area contributed by atoms with Gasteiger partial charge in [0.25, 0.3) is 0 Å². The number of hydrogen-bond acceptors (Lipinski definition) is 2. The lowest BCUT2D eigenvalue weighted by atomic mass is 10.2. The van der Waals surface area contributed by atoms with Gasteiger partial charge in [0, 0.05) is 0 Å². The lowest BCUT2D eigenvalue weighted by Gasteiger charge is -2.14. The van der Waals surface area contributed by atoms with Gasteiger partial charge in [-0.25, -0.2) is 0 Å². The van der Waals surface area contributed by atoms with E-state index in [-0.39, 0.29) is 6.42 Å². The third-order valence-corrected chi connectivity index (χ3v) is 1.42. The lowest BCUT2D eigenvalue weighted by Crippen LogP contribution is -2.41. The Kier molecular flexibility index (Phi) is 4.76. The van der Waals surface area contributed by atoms with Gasteiger partial charge in [-0.2, -0.15) is 13.2 Å². The average molecular weight is 199 g/mol. The summed E-state index contributed by atoms with van der Waals surface area (Å²) in [7, 11) is 0. The molecule has 0 aromatic rings. The van der Waals surface area contributed by atoms with Crippen LogP contribution in [0.2, 0.25) is 0 Å². The van der Waals surface area contributed by atoms with E-state index < -0.39 is 24.7 Å². The molecule has 13 heavy (non-hydrogen) atoms. The van der Waals surface area contributed by atoms with Crippen LogP contribution in [-0.2, 0) is 4.79 Å². The molecular weight excluding hydrogens is 187 g/mol. The number of hydrogen-bond donors (Lipinski definition) is 2. The highest BCUT2D eigenvalue weighted by Crippen LogP contribution is 2.13. The number of halogens is 3. The van der Waals surface area contributed by atoms with E-state index in [1.54, 1.807) is 6.92 Å². The number of carboxylic acid groups (broad SMARTS) is 1. The zero-order valence-corrected chi connectivity index (χ0v) is 7.19. The summed E-state index contributed by atoms with van der Waals surface area (Å²) in [5.41, 5.74) is 0. The van der Waals surface area contributed by atoms with Gasteiger partial charge < -0.3 is 5.11 Å². The van der Waals surface area contributed by atoms with Gasteiger partial charge in [0.1, 0.15) is 6.04 Å². The second kappa shape index (κ2) is 5.06. The van der Waals surface area contributed by atoms with Crippen molar-refractivity contribution in [3.05, 3.63) is 0 Å². The molecule has 0 rings (SSSR count). The molecule has 78 valence electrons. The molecule has 0 aromatic heterocycles. The van der Waals surface area contributed by atoms with Gasteiger partial charge in [0.2, 0.25) is 0 Å². The molecule has 1 atom stereocenters. The lowest BCUT2D eigenvalue weighted by molar-refractivity contribution is -0.143. The summed E-state index contributed by atoms with van der Waals surface area (Å²) in [5, 5.41) is 10.4. The van der Waals surface area contributed by atoms with E-state index >= 15 is 0 Å². The maximum absolute atomic E-state index is 11.7. The molecule has 0 spiro atoms. The maximum atomic E-state index is 11.7. The van der Waals surface area contributed by atoms with Gasteiger partial charge in [0.15, 0.2) is 0 Å². The van der Waals surface area contributed by atoms with Crippen molar-refractivity contribution in [1.29, 1.82) is 0 Å². The largest absolute Gasteiger partial charge is 0.480 e. The molecule has 0 aromatic carbocycles. The molecular formula is C7H12F3NO2. The number of alkyl halides is 3. The zero-order chi connectivity index (χ0) is 10.5. The van der Waals surface area contributed by atoms with Crippen LogP contribution in [0.4, 0.5) is 13.2 Å². The molecule has 0 aliphatic rings. The van der Waals surface area contributed by atoms with E-state index in [0.717, 1.165) is 0 Å². The minimum Gasteiger partial charge on any atom is -0.480 e. The van der Waals surface area contributed by atoms with E-state index in [0.29, 0.717) is 6.42 Å². The Bertz CT molecular complexity index is 170. The summed E-state index contributed by atoms with van der Waals surface area (Å²) in [6, 6.07) is -1.10. The van der Waals surface area contributed by atoms with Crippen molar-refractivity contribution in [1.82, 2.24) is 5.32 Å². The van der Waals surface area contributed by atoms with Crippen molar-refractivity contribution in [3.63, 3.8) is 0 Å². The van der Waals surface area contributed by atoms with Gasteiger partial charge >= 0.3 is 12.1 Å². The van der Waals surface area contributed by atoms with Crippen LogP contribution in [0.1, 0.15) is 19.8 Å². The molecule has 0 aliphatic carbocycles. The van der Waals surface area contributed by atoms with E-state index in [1.165, 1.54) is 0 Å². The molecule has 0 amide bonds. The Morgan fingerprint density at radius 3 is 2.38 bits per heavy atom. The van der Waals surface area contributed by atoms with Gasteiger partial charge in [0.05, 0.1) is 6.54 Å². The molecule has 0 fully saturated rings. The van der Waals surface area contributed by atoms with Crippen LogP contribution in [0.25, 0.3) is 0 Å². The molecule has 6 heteroatoms. The number of rotatable bonds is 5. The molecule has 0 saturated heterocycles. The Labute approximate surface area is 73.9 Å². The monoisotopic (exact) mass is 199 g/mol. The number of carbonyl (C=O) groups is 1. The van der Waals surface area contributed by atoms with Gasteiger partial charge in [-0.3, -0.25) is 10.1 Å². The van der Waals surface area contributed by atoms with Gasteiger partial charge in [-0.1, -0.05) is 13.3 Å². The van der Waals surface area contributed by atoms with Crippen molar-refractivity contribution in [2.75, 3.05) is 6.54 Å². The van der Waals surface area contributed by atoms with Gasteiger partial charge in [-0.05, 0) is 6.42 Å². The van der Waals surface area contributed by atoms with Crippen LogP contribution in [0.15, 0.2) is 0 Å².